The fraction of sp³-hybridized carbons (Fsp3) is 0.562. The number of hydrogen-bond donors (Lipinski definition) is 1. The van der Waals surface area contributed by atoms with Crippen LogP contribution in [0.5, 0.6) is 5.75 Å². The molecule has 0 amide bonds. The number of para-hydroxylation sites is 1. The number of alkyl halides is 3. The zero-order chi connectivity index (χ0) is 19.1. The molecule has 1 aliphatic carbocycles. The van der Waals surface area contributed by atoms with E-state index in [0.717, 1.165) is 29.3 Å². The van der Waals surface area contributed by atoms with E-state index in [1.165, 1.54) is 12.1 Å². The topological polar surface area (TPSA) is 83.9 Å². The monoisotopic (exact) mass is 393 g/mol. The highest BCUT2D eigenvalue weighted by Crippen LogP contribution is 2.44. The van der Waals surface area contributed by atoms with Crippen LogP contribution in [0.3, 0.4) is 0 Å². The van der Waals surface area contributed by atoms with Crippen molar-refractivity contribution in [1.29, 1.82) is 0 Å². The number of carboxylic acid groups (broad SMARTS) is 1. The first kappa shape index (κ1) is 19.0. The number of fused-ring (bicyclic) bond motifs is 1. The number of carboxylic acids is 1. The summed E-state index contributed by atoms with van der Waals surface area (Å²) in [5.41, 5.74) is 0. The number of ether oxygens (including phenoxy) is 1. The molecule has 144 valence electrons. The molecule has 1 N–H and O–H groups in total. The second-order valence-corrected chi connectivity index (χ2v) is 8.34. The van der Waals surface area contributed by atoms with Crippen molar-refractivity contribution in [3.8, 4) is 5.75 Å². The van der Waals surface area contributed by atoms with Gasteiger partial charge in [-0.25, -0.2) is 8.42 Å². The van der Waals surface area contributed by atoms with Gasteiger partial charge in [0.2, 0.25) is 10.0 Å². The van der Waals surface area contributed by atoms with Gasteiger partial charge in [0.25, 0.3) is 0 Å². The summed E-state index contributed by atoms with van der Waals surface area (Å²) in [6.45, 7) is 0. The molecule has 1 heterocycles. The van der Waals surface area contributed by atoms with Crippen LogP contribution < -0.4 is 4.74 Å². The molecule has 1 saturated carbocycles. The quantitative estimate of drug-likeness (QED) is 0.850. The van der Waals surface area contributed by atoms with Crippen molar-refractivity contribution in [2.75, 3.05) is 0 Å². The summed E-state index contributed by atoms with van der Waals surface area (Å²) in [6, 6.07) is 2.61. The van der Waals surface area contributed by atoms with Crippen LogP contribution in [0, 0.1) is 5.92 Å². The van der Waals surface area contributed by atoms with Gasteiger partial charge in [0.05, 0.1) is 0 Å². The van der Waals surface area contributed by atoms with Gasteiger partial charge in [-0.15, -0.1) is 13.2 Å². The zero-order valence-electron chi connectivity index (χ0n) is 13.6. The molecule has 0 spiro atoms. The lowest BCUT2D eigenvalue weighted by Gasteiger charge is -2.32. The van der Waals surface area contributed by atoms with E-state index in [1.807, 2.05) is 0 Å². The molecule has 1 aliphatic heterocycles. The molecule has 1 saturated heterocycles. The largest absolute Gasteiger partial charge is 0.573 e. The van der Waals surface area contributed by atoms with Crippen LogP contribution in [0.25, 0.3) is 0 Å². The fourth-order valence-corrected chi connectivity index (χ4v) is 5.95. The van der Waals surface area contributed by atoms with Gasteiger partial charge in [-0.1, -0.05) is 25.0 Å². The van der Waals surface area contributed by atoms with Gasteiger partial charge in [-0.05, 0) is 37.3 Å². The molecule has 2 fully saturated rings. The number of rotatable bonds is 4. The number of carbonyl (C=O) groups is 1. The molecular formula is C16H18F3NO5S. The van der Waals surface area contributed by atoms with Crippen LogP contribution in [0.15, 0.2) is 29.2 Å². The summed E-state index contributed by atoms with van der Waals surface area (Å²) in [7, 11) is -4.48. The first-order valence-electron chi connectivity index (χ1n) is 8.22. The number of halogens is 3. The molecule has 0 aromatic heterocycles. The summed E-state index contributed by atoms with van der Waals surface area (Å²) in [6.07, 6.45) is -2.05. The Morgan fingerprint density at radius 2 is 1.85 bits per heavy atom. The number of aliphatic carboxylic acids is 1. The van der Waals surface area contributed by atoms with Crippen molar-refractivity contribution < 1.29 is 36.2 Å². The van der Waals surface area contributed by atoms with Gasteiger partial charge in [-0.3, -0.25) is 4.79 Å². The van der Waals surface area contributed by atoms with Crippen molar-refractivity contribution in [3.05, 3.63) is 24.3 Å². The van der Waals surface area contributed by atoms with Crippen molar-refractivity contribution in [1.82, 2.24) is 4.31 Å². The minimum atomic E-state index is -5.06. The van der Waals surface area contributed by atoms with Crippen LogP contribution in [-0.2, 0) is 14.8 Å². The average molecular weight is 393 g/mol. The van der Waals surface area contributed by atoms with Gasteiger partial charge in [0.15, 0.2) is 0 Å². The Hall–Kier alpha value is -1.81. The van der Waals surface area contributed by atoms with Gasteiger partial charge in [0, 0.05) is 6.04 Å². The lowest BCUT2D eigenvalue weighted by molar-refractivity contribution is -0.275. The maximum absolute atomic E-state index is 13.1. The van der Waals surface area contributed by atoms with E-state index in [1.54, 1.807) is 0 Å². The number of benzene rings is 1. The Labute approximate surface area is 148 Å². The van der Waals surface area contributed by atoms with Crippen LogP contribution in [0.1, 0.15) is 32.1 Å². The van der Waals surface area contributed by atoms with Crippen LogP contribution in [0.2, 0.25) is 0 Å². The van der Waals surface area contributed by atoms with Crippen molar-refractivity contribution in [2.45, 2.75) is 55.4 Å². The molecule has 0 radical (unpaired) electrons. The predicted molar refractivity (Wildman–Crippen MR) is 83.9 cm³/mol. The van der Waals surface area contributed by atoms with Crippen LogP contribution >= 0.6 is 0 Å². The van der Waals surface area contributed by atoms with E-state index in [2.05, 4.69) is 4.74 Å². The molecular weight excluding hydrogens is 375 g/mol. The highest BCUT2D eigenvalue weighted by molar-refractivity contribution is 7.89. The van der Waals surface area contributed by atoms with Crippen LogP contribution in [0.4, 0.5) is 13.2 Å². The molecule has 2 aliphatic rings. The summed E-state index contributed by atoms with van der Waals surface area (Å²) >= 11 is 0. The molecule has 0 bridgehead atoms. The lowest BCUT2D eigenvalue weighted by atomic mass is 9.85. The third-order valence-electron chi connectivity index (χ3n) is 4.94. The van der Waals surface area contributed by atoms with Crippen LogP contribution in [-0.4, -0.2) is 42.2 Å². The molecule has 3 unspecified atom stereocenters. The maximum Gasteiger partial charge on any atom is 0.573 e. The standard InChI is InChI=1S/C16H18F3NO5S/c17-16(18,19)25-13-7-3-4-8-14(13)26(23,24)20-11-6-2-1-5-10(11)9-12(20)15(21)22/h3-4,7-8,10-12H,1-2,5-6,9H2,(H,21,22). The second-order valence-electron chi connectivity index (χ2n) is 6.53. The molecule has 3 rings (SSSR count). The van der Waals surface area contributed by atoms with Crippen molar-refractivity contribution in [2.24, 2.45) is 5.92 Å². The molecule has 10 heteroatoms. The summed E-state index contributed by atoms with van der Waals surface area (Å²) in [5.74, 6) is -2.25. The van der Waals surface area contributed by atoms with Gasteiger partial charge < -0.3 is 9.84 Å². The highest BCUT2D eigenvalue weighted by atomic mass is 32.2. The summed E-state index contributed by atoms with van der Waals surface area (Å²) < 4.78 is 68.9. The first-order valence-corrected chi connectivity index (χ1v) is 9.66. The summed E-state index contributed by atoms with van der Waals surface area (Å²) in [5, 5.41) is 9.48. The Morgan fingerprint density at radius 1 is 1.19 bits per heavy atom. The third kappa shape index (κ3) is 3.52. The third-order valence-corrected chi connectivity index (χ3v) is 6.92. The fourth-order valence-electron chi connectivity index (χ4n) is 3.96. The Kier molecular flexibility index (Phi) is 4.91. The lowest BCUT2D eigenvalue weighted by Crippen LogP contribution is -2.46. The minimum Gasteiger partial charge on any atom is -0.480 e. The molecule has 1 aromatic rings. The van der Waals surface area contributed by atoms with E-state index >= 15 is 0 Å². The highest BCUT2D eigenvalue weighted by Gasteiger charge is 2.52. The smallest absolute Gasteiger partial charge is 0.480 e. The van der Waals surface area contributed by atoms with E-state index < -0.39 is 45.1 Å². The first-order chi connectivity index (χ1) is 12.1. The van der Waals surface area contributed by atoms with Gasteiger partial charge >= 0.3 is 12.3 Å². The van der Waals surface area contributed by atoms with Gasteiger partial charge in [-0.2, -0.15) is 4.31 Å². The Bertz CT molecular complexity index is 795. The van der Waals surface area contributed by atoms with Gasteiger partial charge in [0.1, 0.15) is 16.7 Å². The normalized spacial score (nSPS) is 27.1. The zero-order valence-corrected chi connectivity index (χ0v) is 14.5. The second kappa shape index (κ2) is 6.73. The van der Waals surface area contributed by atoms with E-state index in [4.69, 9.17) is 0 Å². The van der Waals surface area contributed by atoms with E-state index in [0.29, 0.717) is 12.8 Å². The van der Waals surface area contributed by atoms with Crippen molar-refractivity contribution in [3.63, 3.8) is 0 Å². The number of sulfonamides is 1. The molecule has 6 nitrogen and oxygen atoms in total. The maximum atomic E-state index is 13.1. The predicted octanol–water partition coefficient (Wildman–Crippen LogP) is 2.99. The SMILES string of the molecule is O=C(O)C1CC2CCCCC2N1S(=O)(=O)c1ccccc1OC(F)(F)F. The van der Waals surface area contributed by atoms with E-state index in [9.17, 15) is 31.5 Å². The summed E-state index contributed by atoms with van der Waals surface area (Å²) in [4.78, 5) is 11.0. The molecule has 3 atom stereocenters. The Balaban J connectivity index is 2.05. The number of nitrogens with zero attached hydrogens (tertiary/aromatic N) is 1. The molecule has 26 heavy (non-hydrogen) atoms. The molecule has 1 aromatic carbocycles. The van der Waals surface area contributed by atoms with Crippen molar-refractivity contribution >= 4 is 16.0 Å². The Morgan fingerprint density at radius 3 is 2.50 bits per heavy atom. The average Bonchev–Trinajstić information content (AvgIpc) is 2.94. The van der Waals surface area contributed by atoms with E-state index in [-0.39, 0.29) is 12.3 Å². The minimum absolute atomic E-state index is 0.102. The number of hydrogen-bond acceptors (Lipinski definition) is 4.